The third-order valence-electron chi connectivity index (χ3n) is 2.07. The van der Waals surface area contributed by atoms with Crippen molar-refractivity contribution < 1.29 is 5.11 Å². The number of nitrogen functional groups attached to an aromatic ring is 1. The third kappa shape index (κ3) is 3.61. The lowest BCUT2D eigenvalue weighted by molar-refractivity contribution is 0.223. The van der Waals surface area contributed by atoms with E-state index in [9.17, 15) is 5.11 Å². The Morgan fingerprint density at radius 1 is 1.28 bits per heavy atom. The molecule has 4 N–H and O–H groups in total. The highest BCUT2D eigenvalue weighted by Gasteiger charge is 2.03. The lowest BCUT2D eigenvalue weighted by Gasteiger charge is -2.08. The zero-order valence-corrected chi connectivity index (χ0v) is 10.7. The third-order valence-corrected chi connectivity index (χ3v) is 3.01. The molecule has 2 aromatic rings. The van der Waals surface area contributed by atoms with Crippen LogP contribution in [0.1, 0.15) is 6.92 Å². The molecule has 0 aliphatic rings. The SMILES string of the molecule is CC(O)Nc1nccc(Sc2ccc(N)cc2)n1. The van der Waals surface area contributed by atoms with E-state index in [2.05, 4.69) is 15.3 Å². The molecule has 1 aromatic carbocycles. The molecule has 0 amide bonds. The fourth-order valence-electron chi connectivity index (χ4n) is 1.31. The summed E-state index contributed by atoms with van der Waals surface area (Å²) < 4.78 is 0. The fourth-order valence-corrected chi connectivity index (χ4v) is 2.09. The second-order valence-electron chi connectivity index (χ2n) is 3.71. The van der Waals surface area contributed by atoms with E-state index >= 15 is 0 Å². The van der Waals surface area contributed by atoms with Crippen LogP contribution in [0.3, 0.4) is 0 Å². The number of anilines is 2. The Balaban J connectivity index is 2.11. The van der Waals surface area contributed by atoms with Gasteiger partial charge in [0.1, 0.15) is 11.3 Å². The van der Waals surface area contributed by atoms with Gasteiger partial charge in [0.2, 0.25) is 5.95 Å². The lowest BCUT2D eigenvalue weighted by Crippen LogP contribution is -2.15. The number of aromatic nitrogens is 2. The minimum atomic E-state index is -0.679. The molecule has 0 bridgehead atoms. The van der Waals surface area contributed by atoms with E-state index in [4.69, 9.17) is 5.73 Å². The summed E-state index contributed by atoms with van der Waals surface area (Å²) in [6.45, 7) is 1.61. The van der Waals surface area contributed by atoms with Crippen molar-refractivity contribution in [1.82, 2.24) is 9.97 Å². The van der Waals surface area contributed by atoms with Crippen LogP contribution in [0.25, 0.3) is 0 Å². The Morgan fingerprint density at radius 3 is 2.67 bits per heavy atom. The first-order valence-electron chi connectivity index (χ1n) is 5.44. The molecule has 0 radical (unpaired) electrons. The Labute approximate surface area is 109 Å². The van der Waals surface area contributed by atoms with Crippen LogP contribution in [0.2, 0.25) is 0 Å². The van der Waals surface area contributed by atoms with E-state index < -0.39 is 6.23 Å². The van der Waals surface area contributed by atoms with Crippen LogP contribution in [0.4, 0.5) is 11.6 Å². The van der Waals surface area contributed by atoms with E-state index in [0.29, 0.717) is 5.95 Å². The summed E-state index contributed by atoms with van der Waals surface area (Å²) in [5.41, 5.74) is 6.36. The number of nitrogens with zero attached hydrogens (tertiary/aromatic N) is 2. The van der Waals surface area contributed by atoms with Gasteiger partial charge in [0.15, 0.2) is 0 Å². The number of benzene rings is 1. The molecule has 2 rings (SSSR count). The highest BCUT2D eigenvalue weighted by molar-refractivity contribution is 7.99. The molecule has 0 aliphatic heterocycles. The van der Waals surface area contributed by atoms with E-state index in [1.807, 2.05) is 30.3 Å². The monoisotopic (exact) mass is 262 g/mol. The van der Waals surface area contributed by atoms with E-state index in [-0.39, 0.29) is 0 Å². The van der Waals surface area contributed by atoms with Gasteiger partial charge in [-0.1, -0.05) is 11.8 Å². The van der Waals surface area contributed by atoms with Gasteiger partial charge in [0.05, 0.1) is 0 Å². The molecule has 1 aromatic heterocycles. The van der Waals surface area contributed by atoms with E-state index in [1.165, 1.54) is 11.8 Å². The van der Waals surface area contributed by atoms with Crippen molar-refractivity contribution in [3.05, 3.63) is 36.5 Å². The van der Waals surface area contributed by atoms with Gasteiger partial charge >= 0.3 is 0 Å². The summed E-state index contributed by atoms with van der Waals surface area (Å²) >= 11 is 1.51. The maximum Gasteiger partial charge on any atom is 0.225 e. The number of rotatable bonds is 4. The Bertz CT molecular complexity index is 516. The quantitative estimate of drug-likeness (QED) is 0.444. The van der Waals surface area contributed by atoms with E-state index in [1.54, 1.807) is 13.1 Å². The zero-order valence-electron chi connectivity index (χ0n) is 9.87. The van der Waals surface area contributed by atoms with Gasteiger partial charge in [0.25, 0.3) is 0 Å². The Kier molecular flexibility index (Phi) is 4.01. The Hall–Kier alpha value is -1.79. The molecule has 1 heterocycles. The maximum atomic E-state index is 9.21. The summed E-state index contributed by atoms with van der Waals surface area (Å²) in [6.07, 6.45) is 0.971. The molecule has 5 nitrogen and oxygen atoms in total. The molecule has 94 valence electrons. The molecule has 6 heteroatoms. The largest absolute Gasteiger partial charge is 0.399 e. The Morgan fingerprint density at radius 2 is 2.00 bits per heavy atom. The molecule has 0 fully saturated rings. The first-order valence-corrected chi connectivity index (χ1v) is 6.26. The van der Waals surface area contributed by atoms with Gasteiger partial charge in [-0.15, -0.1) is 0 Å². The number of nitrogens with two attached hydrogens (primary N) is 1. The molecule has 18 heavy (non-hydrogen) atoms. The first-order chi connectivity index (χ1) is 8.63. The van der Waals surface area contributed by atoms with E-state index in [0.717, 1.165) is 15.6 Å². The van der Waals surface area contributed by atoms with Gasteiger partial charge in [-0.05, 0) is 37.3 Å². The summed E-state index contributed by atoms with van der Waals surface area (Å²) in [5, 5.41) is 12.7. The van der Waals surface area contributed by atoms with Crippen LogP contribution in [0.5, 0.6) is 0 Å². The number of hydrogen-bond acceptors (Lipinski definition) is 6. The van der Waals surface area contributed by atoms with Crippen molar-refractivity contribution >= 4 is 23.4 Å². The van der Waals surface area contributed by atoms with Gasteiger partial charge in [-0.25, -0.2) is 9.97 Å². The first kappa shape index (κ1) is 12.7. The number of aliphatic hydroxyl groups is 1. The van der Waals surface area contributed by atoms with Gasteiger partial charge in [-0.2, -0.15) is 0 Å². The van der Waals surface area contributed by atoms with Crippen molar-refractivity contribution in [3.8, 4) is 0 Å². The summed E-state index contributed by atoms with van der Waals surface area (Å²) in [7, 11) is 0. The van der Waals surface area contributed by atoms with Gasteiger partial charge in [0, 0.05) is 16.8 Å². The van der Waals surface area contributed by atoms with Crippen LogP contribution >= 0.6 is 11.8 Å². The highest BCUT2D eigenvalue weighted by Crippen LogP contribution is 2.26. The number of aliphatic hydroxyl groups excluding tert-OH is 1. The molecule has 0 aliphatic carbocycles. The van der Waals surface area contributed by atoms with Crippen LogP contribution in [-0.4, -0.2) is 21.3 Å². The smallest absolute Gasteiger partial charge is 0.225 e. The van der Waals surface area contributed by atoms with Crippen LogP contribution in [-0.2, 0) is 0 Å². The molecule has 1 atom stereocenters. The second-order valence-corrected chi connectivity index (χ2v) is 4.80. The summed E-state index contributed by atoms with van der Waals surface area (Å²) in [5.74, 6) is 0.408. The van der Waals surface area contributed by atoms with Crippen LogP contribution in [0, 0.1) is 0 Å². The molecule has 0 spiro atoms. The van der Waals surface area contributed by atoms with Crippen molar-refractivity contribution in [3.63, 3.8) is 0 Å². The minimum Gasteiger partial charge on any atom is -0.399 e. The topological polar surface area (TPSA) is 84.1 Å². The van der Waals surface area contributed by atoms with Crippen molar-refractivity contribution in [2.24, 2.45) is 0 Å². The predicted octanol–water partition coefficient (Wildman–Crippen LogP) is 1.96. The lowest BCUT2D eigenvalue weighted by atomic mass is 10.3. The number of hydrogen-bond donors (Lipinski definition) is 3. The molecule has 0 saturated carbocycles. The van der Waals surface area contributed by atoms with Gasteiger partial charge in [-0.3, -0.25) is 0 Å². The predicted molar refractivity (Wildman–Crippen MR) is 72.3 cm³/mol. The number of nitrogens with one attached hydrogen (secondary N) is 1. The van der Waals surface area contributed by atoms with Crippen molar-refractivity contribution in [1.29, 1.82) is 0 Å². The van der Waals surface area contributed by atoms with Crippen LogP contribution in [0.15, 0.2) is 46.5 Å². The fraction of sp³-hybridized carbons (Fsp3) is 0.167. The van der Waals surface area contributed by atoms with Crippen molar-refractivity contribution in [2.75, 3.05) is 11.1 Å². The average molecular weight is 262 g/mol. The second kappa shape index (κ2) is 5.70. The summed E-state index contributed by atoms with van der Waals surface area (Å²) in [6, 6.07) is 9.37. The summed E-state index contributed by atoms with van der Waals surface area (Å²) in [4.78, 5) is 9.35. The molecular formula is C12H14N4OS. The zero-order chi connectivity index (χ0) is 13.0. The van der Waals surface area contributed by atoms with Crippen LogP contribution < -0.4 is 11.1 Å². The average Bonchev–Trinajstić information content (AvgIpc) is 2.32. The minimum absolute atomic E-state index is 0.408. The highest BCUT2D eigenvalue weighted by atomic mass is 32.2. The molecule has 0 saturated heterocycles. The molecular weight excluding hydrogens is 248 g/mol. The maximum absolute atomic E-state index is 9.21. The molecule has 1 unspecified atom stereocenters. The van der Waals surface area contributed by atoms with Gasteiger partial charge < -0.3 is 16.2 Å². The normalized spacial score (nSPS) is 12.1. The van der Waals surface area contributed by atoms with Crippen molar-refractivity contribution in [2.45, 2.75) is 23.1 Å². The standard InChI is InChI=1S/C12H14N4OS/c1-8(17)15-12-14-7-6-11(16-12)18-10-4-2-9(13)3-5-10/h2-8,17H,13H2,1H3,(H,14,15,16).